The highest BCUT2D eigenvalue weighted by Gasteiger charge is 2.12. The maximum absolute atomic E-state index is 10.9. The number of hydrogen-bond donors (Lipinski definition) is 2. The lowest BCUT2D eigenvalue weighted by atomic mass is 10.3. The van der Waals surface area contributed by atoms with Gasteiger partial charge in [-0.2, -0.15) is 0 Å². The molecule has 0 aromatic carbocycles. The van der Waals surface area contributed by atoms with Gasteiger partial charge in [0, 0.05) is 6.42 Å². The molecule has 18 heavy (non-hydrogen) atoms. The second kappa shape index (κ2) is 6.53. The predicted octanol–water partition coefficient (Wildman–Crippen LogP) is -0.0302. The Labute approximate surface area is 105 Å². The molecule has 0 fully saturated rings. The molecule has 0 saturated heterocycles. The molecule has 7 nitrogen and oxygen atoms in total. The van der Waals surface area contributed by atoms with Crippen molar-refractivity contribution in [2.24, 2.45) is 5.14 Å². The first kappa shape index (κ1) is 14.7. The van der Waals surface area contributed by atoms with E-state index in [1.807, 2.05) is 0 Å². The van der Waals surface area contributed by atoms with Crippen molar-refractivity contribution in [2.45, 2.75) is 24.5 Å². The van der Waals surface area contributed by atoms with Gasteiger partial charge in [-0.15, -0.1) is 0 Å². The third kappa shape index (κ3) is 4.86. The molecule has 1 heterocycles. The van der Waals surface area contributed by atoms with Crippen LogP contribution in [0.3, 0.4) is 0 Å². The molecule has 0 amide bonds. The molecule has 1 aromatic heterocycles. The Morgan fingerprint density at radius 1 is 1.50 bits per heavy atom. The number of carbonyl (C=O) groups is 1. The summed E-state index contributed by atoms with van der Waals surface area (Å²) in [6.45, 7) is 0.969. The van der Waals surface area contributed by atoms with Gasteiger partial charge < -0.3 is 14.5 Å². The number of esters is 1. The number of carbonyl (C=O) groups excluding carboxylic acids is 1. The number of furan rings is 1. The fourth-order valence-electron chi connectivity index (χ4n) is 1.28. The quantitative estimate of drug-likeness (QED) is 0.534. The molecule has 8 heteroatoms. The van der Waals surface area contributed by atoms with Gasteiger partial charge in [-0.25, -0.2) is 13.6 Å². The molecular formula is C10H16N2O5S. The SMILES string of the molecule is COC(=O)CCCNCc1ccc(S(N)(=O)=O)o1. The highest BCUT2D eigenvalue weighted by atomic mass is 32.2. The van der Waals surface area contributed by atoms with Crippen LogP contribution in [0.15, 0.2) is 21.6 Å². The van der Waals surface area contributed by atoms with Crippen molar-refractivity contribution in [3.8, 4) is 0 Å². The van der Waals surface area contributed by atoms with Gasteiger partial charge in [-0.05, 0) is 25.1 Å². The summed E-state index contributed by atoms with van der Waals surface area (Å²) < 4.78 is 31.4. The van der Waals surface area contributed by atoms with Crippen LogP contribution in [0.4, 0.5) is 0 Å². The van der Waals surface area contributed by atoms with E-state index in [4.69, 9.17) is 9.56 Å². The molecule has 3 N–H and O–H groups in total. The molecule has 0 bridgehead atoms. The van der Waals surface area contributed by atoms with Crippen LogP contribution in [0, 0.1) is 0 Å². The predicted molar refractivity (Wildman–Crippen MR) is 63.0 cm³/mol. The van der Waals surface area contributed by atoms with Crippen LogP contribution < -0.4 is 10.5 Å². The molecular weight excluding hydrogens is 260 g/mol. The number of primary sulfonamides is 1. The van der Waals surface area contributed by atoms with E-state index >= 15 is 0 Å². The van der Waals surface area contributed by atoms with Crippen molar-refractivity contribution in [1.82, 2.24) is 5.32 Å². The van der Waals surface area contributed by atoms with Crippen molar-refractivity contribution in [3.63, 3.8) is 0 Å². The summed E-state index contributed by atoms with van der Waals surface area (Å²) in [7, 11) is -2.45. The molecule has 0 radical (unpaired) electrons. The third-order valence-electron chi connectivity index (χ3n) is 2.18. The normalized spacial score (nSPS) is 11.4. The van der Waals surface area contributed by atoms with E-state index in [1.54, 1.807) is 0 Å². The average molecular weight is 276 g/mol. The molecule has 0 atom stereocenters. The van der Waals surface area contributed by atoms with Gasteiger partial charge in [-0.1, -0.05) is 0 Å². The average Bonchev–Trinajstić information content (AvgIpc) is 2.76. The Bertz CT molecular complexity index is 494. The van der Waals surface area contributed by atoms with Crippen LogP contribution in [-0.2, 0) is 26.1 Å². The van der Waals surface area contributed by atoms with Crippen LogP contribution in [-0.4, -0.2) is 28.0 Å². The zero-order chi connectivity index (χ0) is 13.6. The van der Waals surface area contributed by atoms with Crippen LogP contribution in [0.1, 0.15) is 18.6 Å². The van der Waals surface area contributed by atoms with Gasteiger partial charge in [0.1, 0.15) is 5.76 Å². The highest BCUT2D eigenvalue weighted by Crippen LogP contribution is 2.11. The molecule has 0 saturated carbocycles. The number of hydrogen-bond acceptors (Lipinski definition) is 6. The topological polar surface area (TPSA) is 112 Å². The van der Waals surface area contributed by atoms with E-state index in [0.29, 0.717) is 31.7 Å². The second-order valence-electron chi connectivity index (χ2n) is 3.62. The van der Waals surface area contributed by atoms with Crippen LogP contribution in [0.2, 0.25) is 0 Å². The fraction of sp³-hybridized carbons (Fsp3) is 0.500. The van der Waals surface area contributed by atoms with E-state index in [2.05, 4.69) is 10.1 Å². The number of sulfonamides is 1. The number of nitrogens with one attached hydrogen (secondary N) is 1. The van der Waals surface area contributed by atoms with E-state index in [0.717, 1.165) is 0 Å². The van der Waals surface area contributed by atoms with Crippen molar-refractivity contribution in [2.75, 3.05) is 13.7 Å². The zero-order valence-corrected chi connectivity index (χ0v) is 10.8. The lowest BCUT2D eigenvalue weighted by molar-refractivity contribution is -0.140. The Morgan fingerprint density at radius 2 is 2.22 bits per heavy atom. The fourth-order valence-corrected chi connectivity index (χ4v) is 1.76. The maximum Gasteiger partial charge on any atom is 0.305 e. The minimum Gasteiger partial charge on any atom is -0.469 e. The molecule has 1 rings (SSSR count). The molecule has 0 aliphatic carbocycles. The monoisotopic (exact) mass is 276 g/mol. The van der Waals surface area contributed by atoms with Gasteiger partial charge in [-0.3, -0.25) is 4.79 Å². The Kier molecular flexibility index (Phi) is 5.32. The van der Waals surface area contributed by atoms with Gasteiger partial charge in [0.05, 0.1) is 13.7 Å². The summed E-state index contributed by atoms with van der Waals surface area (Å²) >= 11 is 0. The van der Waals surface area contributed by atoms with Crippen molar-refractivity contribution < 1.29 is 22.4 Å². The first-order valence-corrected chi connectivity index (χ1v) is 6.87. The summed E-state index contributed by atoms with van der Waals surface area (Å²) in [5.74, 6) is 0.211. The summed E-state index contributed by atoms with van der Waals surface area (Å²) in [5, 5.41) is 7.65. The van der Waals surface area contributed by atoms with Gasteiger partial charge in [0.25, 0.3) is 10.0 Å². The summed E-state index contributed by atoms with van der Waals surface area (Å²) in [5.41, 5.74) is 0. The van der Waals surface area contributed by atoms with E-state index in [9.17, 15) is 13.2 Å². The molecule has 0 unspecified atom stereocenters. The van der Waals surface area contributed by atoms with Gasteiger partial charge >= 0.3 is 5.97 Å². The molecule has 102 valence electrons. The van der Waals surface area contributed by atoms with E-state index < -0.39 is 10.0 Å². The molecule has 0 spiro atoms. The summed E-state index contributed by atoms with van der Waals surface area (Å²) in [4.78, 5) is 10.8. The van der Waals surface area contributed by atoms with Crippen molar-refractivity contribution in [3.05, 3.63) is 17.9 Å². The Hall–Kier alpha value is -1.38. The van der Waals surface area contributed by atoms with Gasteiger partial charge in [0.2, 0.25) is 5.09 Å². The second-order valence-corrected chi connectivity index (χ2v) is 5.11. The third-order valence-corrected chi connectivity index (χ3v) is 2.96. The zero-order valence-electron chi connectivity index (χ0n) is 10.0. The van der Waals surface area contributed by atoms with Crippen LogP contribution >= 0.6 is 0 Å². The minimum atomic E-state index is -3.79. The number of nitrogens with two attached hydrogens (primary N) is 1. The lowest BCUT2D eigenvalue weighted by Crippen LogP contribution is -2.16. The van der Waals surface area contributed by atoms with Crippen molar-refractivity contribution >= 4 is 16.0 Å². The molecule has 0 aliphatic rings. The van der Waals surface area contributed by atoms with E-state index in [1.165, 1.54) is 19.2 Å². The maximum atomic E-state index is 10.9. The number of ether oxygens (including phenoxy) is 1. The minimum absolute atomic E-state index is 0.256. The number of rotatable bonds is 7. The number of methoxy groups -OCH3 is 1. The summed E-state index contributed by atoms with van der Waals surface area (Å²) in [6.07, 6.45) is 0.972. The highest BCUT2D eigenvalue weighted by molar-refractivity contribution is 7.89. The van der Waals surface area contributed by atoms with E-state index in [-0.39, 0.29) is 11.1 Å². The summed E-state index contributed by atoms with van der Waals surface area (Å²) in [6, 6.07) is 2.84. The van der Waals surface area contributed by atoms with Crippen molar-refractivity contribution in [1.29, 1.82) is 0 Å². The lowest BCUT2D eigenvalue weighted by Gasteiger charge is -2.01. The molecule has 1 aromatic rings. The Morgan fingerprint density at radius 3 is 2.78 bits per heavy atom. The van der Waals surface area contributed by atoms with Crippen LogP contribution in [0.25, 0.3) is 0 Å². The first-order valence-electron chi connectivity index (χ1n) is 5.32. The first-order chi connectivity index (χ1) is 8.43. The van der Waals surface area contributed by atoms with Gasteiger partial charge in [0.15, 0.2) is 0 Å². The van der Waals surface area contributed by atoms with Crippen LogP contribution in [0.5, 0.6) is 0 Å². The largest absolute Gasteiger partial charge is 0.469 e. The standard InChI is InChI=1S/C10H16N2O5S/c1-16-9(13)3-2-6-12-7-8-4-5-10(17-8)18(11,14)15/h4-5,12H,2-3,6-7H2,1H3,(H2,11,14,15). The molecule has 0 aliphatic heterocycles. The smallest absolute Gasteiger partial charge is 0.305 e. The Balaban J connectivity index is 2.28.